The van der Waals surface area contributed by atoms with Crippen LogP contribution in [-0.2, 0) is 10.0 Å². The maximum Gasteiger partial charge on any atom is 0.337 e. The van der Waals surface area contributed by atoms with Crippen LogP contribution in [0.2, 0.25) is 5.02 Å². The maximum absolute atomic E-state index is 12.0. The number of carboxylic acids is 1. The molecular formula is C12H17ClN2O4S. The van der Waals surface area contributed by atoms with E-state index in [2.05, 4.69) is 10.0 Å². The van der Waals surface area contributed by atoms with Gasteiger partial charge >= 0.3 is 5.97 Å². The summed E-state index contributed by atoms with van der Waals surface area (Å²) in [6, 6.07) is 3.59. The molecule has 3 N–H and O–H groups in total. The number of carboxylic acid groups (broad SMARTS) is 1. The fourth-order valence-corrected chi connectivity index (χ4v) is 2.81. The highest BCUT2D eigenvalue weighted by Crippen LogP contribution is 2.20. The summed E-state index contributed by atoms with van der Waals surface area (Å²) in [4.78, 5) is 10.8. The molecule has 6 nitrogen and oxygen atoms in total. The zero-order chi connectivity index (χ0) is 15.2. The summed E-state index contributed by atoms with van der Waals surface area (Å²) >= 11 is 5.70. The molecule has 0 bridgehead atoms. The van der Waals surface area contributed by atoms with Gasteiger partial charge < -0.3 is 10.4 Å². The second-order valence-electron chi connectivity index (χ2n) is 4.05. The zero-order valence-electron chi connectivity index (χ0n) is 11.0. The molecule has 0 amide bonds. The van der Waals surface area contributed by atoms with E-state index < -0.39 is 16.0 Å². The summed E-state index contributed by atoms with van der Waals surface area (Å²) in [5, 5.41) is 12.0. The minimum absolute atomic E-state index is 0.00333. The smallest absolute Gasteiger partial charge is 0.337 e. The SMILES string of the molecule is CCNCCCNS(=O)(=O)c1ccc(Cl)c(C(=O)O)c1. The molecule has 0 radical (unpaired) electrons. The van der Waals surface area contributed by atoms with E-state index >= 15 is 0 Å². The summed E-state index contributed by atoms with van der Waals surface area (Å²) in [6.07, 6.45) is 0.645. The van der Waals surface area contributed by atoms with Gasteiger partial charge in [-0.2, -0.15) is 0 Å². The second kappa shape index (κ2) is 7.58. The van der Waals surface area contributed by atoms with Crippen molar-refractivity contribution < 1.29 is 18.3 Å². The molecule has 0 unspecified atom stereocenters. The molecule has 0 atom stereocenters. The molecular weight excluding hydrogens is 304 g/mol. The molecule has 0 aliphatic carbocycles. The van der Waals surface area contributed by atoms with E-state index in [0.717, 1.165) is 12.6 Å². The summed E-state index contributed by atoms with van der Waals surface area (Å²) in [5.74, 6) is -1.26. The third-order valence-corrected chi connectivity index (χ3v) is 4.34. The molecule has 0 spiro atoms. The van der Waals surface area contributed by atoms with Gasteiger partial charge in [-0.05, 0) is 37.7 Å². The minimum Gasteiger partial charge on any atom is -0.478 e. The Kier molecular flexibility index (Phi) is 6.41. The van der Waals surface area contributed by atoms with Gasteiger partial charge in [-0.1, -0.05) is 18.5 Å². The Morgan fingerprint density at radius 1 is 1.35 bits per heavy atom. The van der Waals surface area contributed by atoms with Crippen LogP contribution in [0.15, 0.2) is 23.1 Å². The van der Waals surface area contributed by atoms with Crippen molar-refractivity contribution in [2.24, 2.45) is 0 Å². The fraction of sp³-hybridized carbons (Fsp3) is 0.417. The molecule has 8 heteroatoms. The second-order valence-corrected chi connectivity index (χ2v) is 6.23. The molecule has 0 saturated heterocycles. The number of aromatic carboxylic acids is 1. The summed E-state index contributed by atoms with van der Waals surface area (Å²) in [6.45, 7) is 3.78. The van der Waals surface area contributed by atoms with Crippen molar-refractivity contribution in [3.05, 3.63) is 28.8 Å². The molecule has 1 aromatic carbocycles. The van der Waals surface area contributed by atoms with Gasteiger partial charge in [0.15, 0.2) is 0 Å². The predicted octanol–water partition coefficient (Wildman–Crippen LogP) is 1.32. The first-order valence-corrected chi connectivity index (χ1v) is 7.98. The third-order valence-electron chi connectivity index (χ3n) is 2.55. The first kappa shape index (κ1) is 16.9. The van der Waals surface area contributed by atoms with Crippen LogP contribution < -0.4 is 10.0 Å². The molecule has 0 heterocycles. The number of hydrogen-bond donors (Lipinski definition) is 3. The molecule has 0 aliphatic rings. The van der Waals surface area contributed by atoms with Crippen molar-refractivity contribution in [2.45, 2.75) is 18.2 Å². The number of sulfonamides is 1. The molecule has 0 aromatic heterocycles. The van der Waals surface area contributed by atoms with Crippen molar-refractivity contribution >= 4 is 27.6 Å². The van der Waals surface area contributed by atoms with Gasteiger partial charge in [-0.3, -0.25) is 0 Å². The first-order chi connectivity index (χ1) is 9.38. The number of hydrogen-bond acceptors (Lipinski definition) is 4. The third kappa shape index (κ3) is 4.75. The highest BCUT2D eigenvalue weighted by atomic mass is 35.5. The Balaban J connectivity index is 2.77. The zero-order valence-corrected chi connectivity index (χ0v) is 12.6. The van der Waals surface area contributed by atoms with Crippen molar-refractivity contribution in [1.29, 1.82) is 0 Å². The van der Waals surface area contributed by atoms with Gasteiger partial charge in [0.1, 0.15) is 0 Å². The van der Waals surface area contributed by atoms with Gasteiger partial charge in [0, 0.05) is 6.54 Å². The Labute approximate surface area is 123 Å². The fourth-order valence-electron chi connectivity index (χ4n) is 1.52. The predicted molar refractivity (Wildman–Crippen MR) is 76.8 cm³/mol. The van der Waals surface area contributed by atoms with Crippen LogP contribution in [0.1, 0.15) is 23.7 Å². The van der Waals surface area contributed by atoms with Crippen LogP contribution in [0.5, 0.6) is 0 Å². The van der Waals surface area contributed by atoms with Crippen molar-refractivity contribution in [1.82, 2.24) is 10.0 Å². The average Bonchev–Trinajstić information content (AvgIpc) is 2.38. The average molecular weight is 321 g/mol. The summed E-state index contributed by atoms with van der Waals surface area (Å²) < 4.78 is 26.4. The van der Waals surface area contributed by atoms with Gasteiger partial charge in [-0.25, -0.2) is 17.9 Å². The number of halogens is 1. The van der Waals surface area contributed by atoms with Crippen LogP contribution >= 0.6 is 11.6 Å². The van der Waals surface area contributed by atoms with Gasteiger partial charge in [0.2, 0.25) is 10.0 Å². The summed E-state index contributed by atoms with van der Waals surface area (Å²) in [5.41, 5.74) is -0.234. The molecule has 112 valence electrons. The number of nitrogens with one attached hydrogen (secondary N) is 2. The normalized spacial score (nSPS) is 11.5. The Bertz CT molecular complexity index is 575. The molecule has 0 fully saturated rings. The van der Waals surface area contributed by atoms with Crippen molar-refractivity contribution in [3.63, 3.8) is 0 Å². The standard InChI is InChI=1S/C12H17ClN2O4S/c1-2-14-6-3-7-15-20(18,19)9-4-5-11(13)10(8-9)12(16)17/h4-5,8,14-15H,2-3,6-7H2,1H3,(H,16,17). The molecule has 1 aromatic rings. The van der Waals surface area contributed by atoms with Crippen LogP contribution in [0.25, 0.3) is 0 Å². The Morgan fingerprint density at radius 3 is 2.65 bits per heavy atom. The van der Waals surface area contributed by atoms with Gasteiger partial charge in [-0.15, -0.1) is 0 Å². The van der Waals surface area contributed by atoms with E-state index in [0.29, 0.717) is 13.0 Å². The van der Waals surface area contributed by atoms with Crippen LogP contribution in [0, 0.1) is 0 Å². The van der Waals surface area contributed by atoms with E-state index in [1.165, 1.54) is 12.1 Å². The van der Waals surface area contributed by atoms with E-state index in [-0.39, 0.29) is 22.0 Å². The number of benzene rings is 1. The van der Waals surface area contributed by atoms with Crippen LogP contribution in [0.3, 0.4) is 0 Å². The largest absolute Gasteiger partial charge is 0.478 e. The van der Waals surface area contributed by atoms with E-state index in [9.17, 15) is 13.2 Å². The quantitative estimate of drug-likeness (QED) is 0.628. The summed E-state index contributed by atoms with van der Waals surface area (Å²) in [7, 11) is -3.72. The lowest BCUT2D eigenvalue weighted by Crippen LogP contribution is -2.27. The Hall–Kier alpha value is -1.15. The van der Waals surface area contributed by atoms with Crippen molar-refractivity contribution in [3.8, 4) is 0 Å². The lowest BCUT2D eigenvalue weighted by Gasteiger charge is -2.08. The highest BCUT2D eigenvalue weighted by molar-refractivity contribution is 7.89. The number of rotatable bonds is 8. The van der Waals surface area contributed by atoms with E-state index in [1.54, 1.807) is 0 Å². The van der Waals surface area contributed by atoms with Gasteiger partial charge in [0.25, 0.3) is 0 Å². The van der Waals surface area contributed by atoms with Crippen molar-refractivity contribution in [2.75, 3.05) is 19.6 Å². The topological polar surface area (TPSA) is 95.5 Å². The number of carbonyl (C=O) groups is 1. The Morgan fingerprint density at radius 2 is 2.05 bits per heavy atom. The maximum atomic E-state index is 12.0. The minimum atomic E-state index is -3.72. The lowest BCUT2D eigenvalue weighted by molar-refractivity contribution is 0.0697. The molecule has 0 aliphatic heterocycles. The van der Waals surface area contributed by atoms with Crippen LogP contribution in [-0.4, -0.2) is 39.1 Å². The molecule has 20 heavy (non-hydrogen) atoms. The monoisotopic (exact) mass is 320 g/mol. The lowest BCUT2D eigenvalue weighted by atomic mass is 10.2. The molecule has 1 rings (SSSR count). The van der Waals surface area contributed by atoms with Crippen LogP contribution in [0.4, 0.5) is 0 Å². The first-order valence-electron chi connectivity index (χ1n) is 6.11. The van der Waals surface area contributed by atoms with E-state index in [4.69, 9.17) is 16.7 Å². The highest BCUT2D eigenvalue weighted by Gasteiger charge is 2.17. The molecule has 0 saturated carbocycles. The van der Waals surface area contributed by atoms with E-state index in [1.807, 2.05) is 6.92 Å². The van der Waals surface area contributed by atoms with Gasteiger partial charge in [0.05, 0.1) is 15.5 Å².